The van der Waals surface area contributed by atoms with Crippen LogP contribution in [0.2, 0.25) is 0 Å². The lowest BCUT2D eigenvalue weighted by Gasteiger charge is -2.24. The lowest BCUT2D eigenvalue weighted by atomic mass is 10.0. The van der Waals surface area contributed by atoms with Crippen molar-refractivity contribution >= 4 is 27.5 Å². The zero-order valence-electron chi connectivity index (χ0n) is 24.4. The van der Waals surface area contributed by atoms with Crippen molar-refractivity contribution in [2.75, 3.05) is 39.2 Å². The van der Waals surface area contributed by atoms with Crippen molar-refractivity contribution < 1.29 is 9.84 Å². The fourth-order valence-corrected chi connectivity index (χ4v) is 5.89. The van der Waals surface area contributed by atoms with Gasteiger partial charge in [-0.05, 0) is 52.9 Å². The topological polar surface area (TPSA) is 113 Å². The molecule has 1 aromatic carbocycles. The van der Waals surface area contributed by atoms with Crippen molar-refractivity contribution in [2.24, 2.45) is 7.05 Å². The van der Waals surface area contributed by atoms with Gasteiger partial charge in [-0.15, -0.1) is 0 Å². The summed E-state index contributed by atoms with van der Waals surface area (Å²) in [5.74, 6) is 0.696. The number of nitrogens with zero attached hydrogens (tertiary/aromatic N) is 8. The molecule has 0 amide bonds. The van der Waals surface area contributed by atoms with Crippen molar-refractivity contribution in [1.29, 1.82) is 0 Å². The van der Waals surface area contributed by atoms with Gasteiger partial charge in [0.1, 0.15) is 17.3 Å². The molecule has 6 rings (SSSR count). The Kier molecular flexibility index (Phi) is 6.30. The van der Waals surface area contributed by atoms with E-state index in [4.69, 9.17) is 25.0 Å². The Bertz CT molecular complexity index is 1750. The molecule has 0 radical (unpaired) electrons. The number of fused-ring (bicyclic) bond motifs is 5. The molecule has 0 fully saturated rings. The summed E-state index contributed by atoms with van der Waals surface area (Å²) >= 11 is 0. The smallest absolute Gasteiger partial charge is 0.221 e. The molecule has 11 heteroatoms. The van der Waals surface area contributed by atoms with E-state index >= 15 is 0 Å². The Morgan fingerprint density at radius 3 is 2.62 bits per heavy atom. The number of ether oxygens (including phenoxy) is 1. The highest BCUT2D eigenvalue weighted by atomic mass is 16.5. The van der Waals surface area contributed by atoms with E-state index in [0.717, 1.165) is 67.1 Å². The van der Waals surface area contributed by atoms with Gasteiger partial charge in [-0.1, -0.05) is 0 Å². The fourth-order valence-electron chi connectivity index (χ4n) is 5.89. The third kappa shape index (κ3) is 4.11. The van der Waals surface area contributed by atoms with E-state index in [0.29, 0.717) is 19.0 Å². The van der Waals surface area contributed by atoms with Crippen LogP contribution in [-0.4, -0.2) is 85.1 Å². The number of aromatic amines is 1. The quantitative estimate of drug-likeness (QED) is 0.353. The van der Waals surface area contributed by atoms with Crippen molar-refractivity contribution in [2.45, 2.75) is 46.4 Å². The summed E-state index contributed by atoms with van der Waals surface area (Å²) in [5, 5.41) is 29.9. The first kappa shape index (κ1) is 26.3. The second kappa shape index (κ2) is 9.60. The molecule has 0 aliphatic carbocycles. The lowest BCUT2D eigenvalue weighted by molar-refractivity contribution is 0.145. The number of aromatic nitrogens is 7. The second-order valence-corrected chi connectivity index (χ2v) is 11.3. The van der Waals surface area contributed by atoms with Gasteiger partial charge in [-0.3, -0.25) is 19.7 Å². The molecule has 5 heterocycles. The van der Waals surface area contributed by atoms with E-state index in [-0.39, 0.29) is 18.8 Å². The van der Waals surface area contributed by atoms with Crippen molar-refractivity contribution in [3.05, 3.63) is 35.3 Å². The molecule has 0 unspecified atom stereocenters. The zero-order chi connectivity index (χ0) is 28.5. The number of nitrogens with one attached hydrogen (secondary N) is 1. The number of likely N-dealkylation sites (N-methyl/N-ethyl adjacent to an activating group) is 1. The van der Waals surface area contributed by atoms with Crippen LogP contribution in [0.25, 0.3) is 44.3 Å². The predicted octanol–water partition coefficient (Wildman–Crippen LogP) is 3.82. The SMILES string of the molecule is Cc1nn(C)c2c1-c1cc3c(n[nH]c3c(C)n1)-c1cc(N(C)C)c3nn([C@@H](C)CO)c(c3c1)CN(C)C[C@H](C)O2. The minimum Gasteiger partial charge on any atom is -0.473 e. The molecular weight excluding hydrogens is 506 g/mol. The first-order valence-corrected chi connectivity index (χ1v) is 13.7. The molecule has 2 N–H and O–H groups in total. The number of aliphatic hydroxyl groups excluding tert-OH is 1. The Hall–Kier alpha value is -3.96. The molecule has 4 bridgehead atoms. The summed E-state index contributed by atoms with van der Waals surface area (Å²) in [6.07, 6.45) is -0.121. The van der Waals surface area contributed by atoms with Crippen LogP contribution in [0.15, 0.2) is 18.2 Å². The maximum absolute atomic E-state index is 10.1. The number of aliphatic hydroxyl groups is 1. The van der Waals surface area contributed by atoms with Gasteiger partial charge in [0.15, 0.2) is 0 Å². The average molecular weight is 544 g/mol. The van der Waals surface area contributed by atoms with Crippen LogP contribution in [-0.2, 0) is 13.6 Å². The van der Waals surface area contributed by atoms with E-state index in [1.54, 1.807) is 4.68 Å². The summed E-state index contributed by atoms with van der Waals surface area (Å²) in [4.78, 5) is 9.28. The summed E-state index contributed by atoms with van der Waals surface area (Å²) in [7, 11) is 8.05. The van der Waals surface area contributed by atoms with Crippen LogP contribution < -0.4 is 9.64 Å². The Morgan fingerprint density at radius 1 is 1.12 bits per heavy atom. The third-order valence-corrected chi connectivity index (χ3v) is 7.78. The highest BCUT2D eigenvalue weighted by molar-refractivity contribution is 6.02. The van der Waals surface area contributed by atoms with Gasteiger partial charge < -0.3 is 14.7 Å². The number of H-pyrrole nitrogens is 1. The monoisotopic (exact) mass is 543 g/mol. The van der Waals surface area contributed by atoms with E-state index in [9.17, 15) is 5.11 Å². The standard InChI is InChI=1S/C29H37N9O2/c1-15(14-39)38-24-13-36(7)12-16(2)40-29-25(17(3)33-37(29)8)22-11-21-26(18(4)30-22)31-32-27(21)19-9-20(24)28(34-38)23(10-19)35(5)6/h9-11,15-16,39H,12-14H2,1-8H3,(H,31,32)/t15-,16-/m0/s1. The predicted molar refractivity (Wildman–Crippen MR) is 157 cm³/mol. The number of hydrogen-bond donors (Lipinski definition) is 2. The number of anilines is 1. The van der Waals surface area contributed by atoms with Gasteiger partial charge in [0.2, 0.25) is 5.88 Å². The molecule has 0 saturated heterocycles. The number of hydrogen-bond acceptors (Lipinski definition) is 8. The number of pyridine rings is 1. The van der Waals surface area contributed by atoms with Gasteiger partial charge >= 0.3 is 0 Å². The van der Waals surface area contributed by atoms with E-state index in [1.165, 1.54) is 0 Å². The van der Waals surface area contributed by atoms with Gasteiger partial charge in [-0.2, -0.15) is 15.3 Å². The third-order valence-electron chi connectivity index (χ3n) is 7.78. The largest absolute Gasteiger partial charge is 0.473 e. The highest BCUT2D eigenvalue weighted by Crippen LogP contribution is 2.40. The number of rotatable bonds is 3. The minimum absolute atomic E-state index is 0.00392. The van der Waals surface area contributed by atoms with Crippen LogP contribution in [0.1, 0.15) is 37.0 Å². The summed E-state index contributed by atoms with van der Waals surface area (Å²) in [5.41, 5.74) is 9.10. The molecule has 210 valence electrons. The number of aryl methyl sites for hydroxylation is 3. The molecule has 40 heavy (non-hydrogen) atoms. The van der Waals surface area contributed by atoms with Crippen molar-refractivity contribution in [3.63, 3.8) is 0 Å². The molecule has 0 saturated carbocycles. The van der Waals surface area contributed by atoms with Gasteiger partial charge in [-0.25, -0.2) is 4.68 Å². The molecule has 2 atom stereocenters. The molecule has 1 aliphatic heterocycles. The van der Waals surface area contributed by atoms with Crippen LogP contribution in [0, 0.1) is 13.8 Å². The Balaban J connectivity index is 1.70. The summed E-state index contributed by atoms with van der Waals surface area (Å²) in [6, 6.07) is 6.25. The number of benzene rings is 1. The molecule has 11 nitrogen and oxygen atoms in total. The Morgan fingerprint density at radius 2 is 1.90 bits per heavy atom. The fraction of sp³-hybridized carbons (Fsp3) is 0.448. The summed E-state index contributed by atoms with van der Waals surface area (Å²) < 4.78 is 10.3. The van der Waals surface area contributed by atoms with Crippen molar-refractivity contribution in [1.82, 2.24) is 39.6 Å². The average Bonchev–Trinajstić information content (AvgIpc) is 3.56. The molecule has 4 aromatic heterocycles. The van der Waals surface area contributed by atoms with Crippen LogP contribution in [0.4, 0.5) is 5.69 Å². The lowest BCUT2D eigenvalue weighted by Crippen LogP contribution is -2.32. The van der Waals surface area contributed by atoms with E-state index in [2.05, 4.69) is 47.1 Å². The van der Waals surface area contributed by atoms with Crippen LogP contribution in [0.3, 0.4) is 0 Å². The minimum atomic E-state index is -0.174. The first-order chi connectivity index (χ1) is 19.1. The Labute approximate surface area is 233 Å². The van der Waals surface area contributed by atoms with Gasteiger partial charge in [0.25, 0.3) is 0 Å². The molecular formula is C29H37N9O2. The van der Waals surface area contributed by atoms with E-state index in [1.807, 2.05) is 46.6 Å². The van der Waals surface area contributed by atoms with Crippen LogP contribution in [0.5, 0.6) is 5.88 Å². The first-order valence-electron chi connectivity index (χ1n) is 13.7. The van der Waals surface area contributed by atoms with Crippen molar-refractivity contribution in [3.8, 4) is 28.4 Å². The van der Waals surface area contributed by atoms with Crippen LogP contribution >= 0.6 is 0 Å². The highest BCUT2D eigenvalue weighted by Gasteiger charge is 2.26. The molecule has 5 aromatic rings. The van der Waals surface area contributed by atoms with Gasteiger partial charge in [0, 0.05) is 50.6 Å². The normalized spacial score (nSPS) is 16.8. The van der Waals surface area contributed by atoms with E-state index < -0.39 is 0 Å². The molecule has 1 aliphatic rings. The molecule has 0 spiro atoms. The second-order valence-electron chi connectivity index (χ2n) is 11.3. The summed E-state index contributed by atoms with van der Waals surface area (Å²) in [6.45, 7) is 9.36. The van der Waals surface area contributed by atoms with Gasteiger partial charge in [0.05, 0.1) is 52.2 Å². The maximum atomic E-state index is 10.1. The maximum Gasteiger partial charge on any atom is 0.221 e. The zero-order valence-corrected chi connectivity index (χ0v) is 24.4.